The van der Waals surface area contributed by atoms with Gasteiger partial charge in [0.05, 0.1) is 22.1 Å². The number of aromatic nitrogens is 1. The summed E-state index contributed by atoms with van der Waals surface area (Å²) in [6, 6.07) is 19.7. The number of halogens is 2. The minimum absolute atomic E-state index is 0.146. The number of amides is 2. The number of rotatable bonds is 8. The monoisotopic (exact) mass is 524 g/mol. The molecule has 0 unspecified atom stereocenters. The molecule has 0 saturated carbocycles. The lowest BCUT2D eigenvalue weighted by Crippen LogP contribution is -2.32. The van der Waals surface area contributed by atoms with Gasteiger partial charge in [-0.3, -0.25) is 9.59 Å². The molecule has 36 heavy (non-hydrogen) atoms. The van der Waals surface area contributed by atoms with Crippen molar-refractivity contribution in [3.05, 3.63) is 87.9 Å². The van der Waals surface area contributed by atoms with Crippen molar-refractivity contribution in [3.63, 3.8) is 0 Å². The van der Waals surface area contributed by atoms with E-state index in [0.717, 1.165) is 11.1 Å². The normalized spacial score (nSPS) is 11.2. The van der Waals surface area contributed by atoms with Crippen molar-refractivity contribution in [1.29, 1.82) is 0 Å². The zero-order chi connectivity index (χ0) is 25.7. The van der Waals surface area contributed by atoms with Crippen LogP contribution in [0.2, 0.25) is 10.0 Å². The van der Waals surface area contributed by atoms with E-state index < -0.39 is 11.8 Å². The molecule has 0 fully saturated rings. The van der Waals surface area contributed by atoms with Crippen LogP contribution in [0.5, 0.6) is 11.6 Å². The molecule has 0 aliphatic carbocycles. The van der Waals surface area contributed by atoms with Crippen LogP contribution in [-0.4, -0.2) is 34.6 Å². The fourth-order valence-corrected chi connectivity index (χ4v) is 3.82. The van der Waals surface area contributed by atoms with Gasteiger partial charge in [-0.25, -0.2) is 0 Å². The van der Waals surface area contributed by atoms with E-state index in [-0.39, 0.29) is 24.7 Å². The second kappa shape index (κ2) is 11.2. The number of fused-ring (bicyclic) bond motifs is 1. The summed E-state index contributed by atoms with van der Waals surface area (Å²) in [5.74, 6) is -0.761. The highest BCUT2D eigenvalue weighted by Gasteiger charge is 2.17. The molecule has 1 aromatic heterocycles. The van der Waals surface area contributed by atoms with E-state index in [4.69, 9.17) is 27.9 Å². The SMILES string of the molecule is Cc1ccc(OCC(=O)NCC(=O)N=Nc2c(O)n(Cc3ccc(Cl)c(Cl)c3)c3ccccc23)cc1. The Bertz CT molecular complexity index is 1450. The maximum Gasteiger partial charge on any atom is 0.283 e. The number of ether oxygens (including phenoxy) is 1. The summed E-state index contributed by atoms with van der Waals surface area (Å²) in [5.41, 5.74) is 2.74. The Morgan fingerprint density at radius 3 is 2.53 bits per heavy atom. The highest BCUT2D eigenvalue weighted by Crippen LogP contribution is 2.39. The number of benzene rings is 3. The number of hydrogen-bond acceptors (Lipinski definition) is 5. The van der Waals surface area contributed by atoms with Gasteiger partial charge in [0.2, 0.25) is 5.88 Å². The summed E-state index contributed by atoms with van der Waals surface area (Å²) in [4.78, 5) is 24.2. The fourth-order valence-electron chi connectivity index (χ4n) is 3.50. The van der Waals surface area contributed by atoms with Gasteiger partial charge >= 0.3 is 0 Å². The van der Waals surface area contributed by atoms with Crippen LogP contribution in [0.1, 0.15) is 11.1 Å². The minimum Gasteiger partial charge on any atom is -0.493 e. The van der Waals surface area contributed by atoms with Crippen LogP contribution in [0.3, 0.4) is 0 Å². The number of para-hydroxylation sites is 1. The van der Waals surface area contributed by atoms with Gasteiger partial charge in [-0.1, -0.05) is 65.2 Å². The Balaban J connectivity index is 1.42. The number of aromatic hydroxyl groups is 1. The lowest BCUT2D eigenvalue weighted by molar-refractivity contribution is -0.126. The number of nitrogens with zero attached hydrogens (tertiary/aromatic N) is 3. The van der Waals surface area contributed by atoms with E-state index in [1.165, 1.54) is 0 Å². The average molecular weight is 525 g/mol. The van der Waals surface area contributed by atoms with Crippen molar-refractivity contribution in [2.24, 2.45) is 10.2 Å². The zero-order valence-corrected chi connectivity index (χ0v) is 20.8. The first-order valence-electron chi connectivity index (χ1n) is 11.0. The van der Waals surface area contributed by atoms with Crippen molar-refractivity contribution in [2.45, 2.75) is 13.5 Å². The van der Waals surface area contributed by atoms with Gasteiger partial charge < -0.3 is 19.7 Å². The lowest BCUT2D eigenvalue weighted by atomic mass is 10.2. The van der Waals surface area contributed by atoms with Crippen LogP contribution in [0, 0.1) is 6.92 Å². The molecule has 3 aromatic carbocycles. The topological polar surface area (TPSA) is 105 Å². The Morgan fingerprint density at radius 1 is 1.03 bits per heavy atom. The van der Waals surface area contributed by atoms with Gasteiger partial charge in [0.25, 0.3) is 11.8 Å². The molecular formula is C26H22Cl2N4O4. The van der Waals surface area contributed by atoms with Crippen LogP contribution >= 0.6 is 23.2 Å². The second-order valence-corrected chi connectivity index (χ2v) is 8.81. The number of azo groups is 1. The van der Waals surface area contributed by atoms with E-state index in [9.17, 15) is 14.7 Å². The van der Waals surface area contributed by atoms with Gasteiger partial charge in [-0.2, -0.15) is 0 Å². The Kier molecular flexibility index (Phi) is 7.87. The summed E-state index contributed by atoms with van der Waals surface area (Å²) >= 11 is 12.1. The second-order valence-electron chi connectivity index (χ2n) is 8.00. The van der Waals surface area contributed by atoms with Crippen molar-refractivity contribution in [2.75, 3.05) is 13.2 Å². The molecule has 0 spiro atoms. The highest BCUT2D eigenvalue weighted by atomic mass is 35.5. The molecule has 8 nitrogen and oxygen atoms in total. The molecule has 10 heteroatoms. The molecule has 1 heterocycles. The van der Waals surface area contributed by atoms with E-state index >= 15 is 0 Å². The smallest absolute Gasteiger partial charge is 0.283 e. The molecule has 4 aromatic rings. The summed E-state index contributed by atoms with van der Waals surface area (Å²) in [6.45, 7) is 1.65. The zero-order valence-electron chi connectivity index (χ0n) is 19.2. The fraction of sp³-hybridized carbons (Fsp3) is 0.154. The van der Waals surface area contributed by atoms with E-state index in [1.807, 2.05) is 31.2 Å². The molecule has 184 valence electrons. The molecule has 2 N–H and O–H groups in total. The molecule has 4 rings (SSSR count). The third kappa shape index (κ3) is 6.02. The van der Waals surface area contributed by atoms with E-state index in [1.54, 1.807) is 47.0 Å². The van der Waals surface area contributed by atoms with Crippen molar-refractivity contribution >= 4 is 51.6 Å². The first kappa shape index (κ1) is 25.2. The molecule has 0 bridgehead atoms. The van der Waals surface area contributed by atoms with E-state index in [0.29, 0.717) is 33.2 Å². The lowest BCUT2D eigenvalue weighted by Gasteiger charge is -2.08. The highest BCUT2D eigenvalue weighted by molar-refractivity contribution is 6.42. The average Bonchev–Trinajstić information content (AvgIpc) is 3.13. The van der Waals surface area contributed by atoms with Gasteiger partial charge in [0.15, 0.2) is 12.3 Å². The maximum absolute atomic E-state index is 12.2. The van der Waals surface area contributed by atoms with Gasteiger partial charge in [-0.05, 0) is 42.8 Å². The Hall–Kier alpha value is -3.88. The molecule has 0 radical (unpaired) electrons. The first-order chi connectivity index (χ1) is 17.3. The largest absolute Gasteiger partial charge is 0.493 e. The standard InChI is InChI=1S/C26H22Cl2N4O4/c1-16-6-9-18(10-7-16)36-15-24(34)29-13-23(33)30-31-25-19-4-2-3-5-22(19)32(26(25)35)14-17-8-11-20(27)21(28)12-17/h2-12,35H,13-15H2,1H3,(H,29,34). The van der Waals surface area contributed by atoms with Crippen molar-refractivity contribution in [3.8, 4) is 11.6 Å². The van der Waals surface area contributed by atoms with E-state index in [2.05, 4.69) is 15.5 Å². The van der Waals surface area contributed by atoms with Crippen LogP contribution in [0.4, 0.5) is 5.69 Å². The molecular weight excluding hydrogens is 503 g/mol. The molecule has 0 aliphatic rings. The molecule has 0 saturated heterocycles. The van der Waals surface area contributed by atoms with Crippen LogP contribution in [0.15, 0.2) is 77.0 Å². The molecule has 0 atom stereocenters. The number of carbonyl (C=O) groups excluding carboxylic acids is 2. The van der Waals surface area contributed by atoms with Gasteiger partial charge in [-0.15, -0.1) is 10.2 Å². The quantitative estimate of drug-likeness (QED) is 0.283. The Morgan fingerprint density at radius 2 is 1.78 bits per heavy atom. The molecule has 2 amide bonds. The van der Waals surface area contributed by atoms with Crippen LogP contribution in [-0.2, 0) is 16.1 Å². The predicted molar refractivity (Wildman–Crippen MR) is 138 cm³/mol. The third-order valence-corrected chi connectivity index (χ3v) is 6.07. The number of hydrogen-bond donors (Lipinski definition) is 2. The number of aryl methyl sites for hydroxylation is 1. The minimum atomic E-state index is -0.681. The Labute approximate surface area is 217 Å². The predicted octanol–water partition coefficient (Wildman–Crippen LogP) is 5.82. The van der Waals surface area contributed by atoms with Crippen molar-refractivity contribution in [1.82, 2.24) is 9.88 Å². The van der Waals surface area contributed by atoms with Gasteiger partial charge in [0, 0.05) is 5.39 Å². The van der Waals surface area contributed by atoms with Crippen LogP contribution in [0.25, 0.3) is 10.9 Å². The van der Waals surface area contributed by atoms with Gasteiger partial charge in [0.1, 0.15) is 12.3 Å². The summed E-state index contributed by atoms with van der Waals surface area (Å²) in [5, 5.41) is 22.4. The maximum atomic E-state index is 12.2. The number of nitrogens with one attached hydrogen (secondary N) is 1. The van der Waals surface area contributed by atoms with Crippen molar-refractivity contribution < 1.29 is 19.4 Å². The summed E-state index contributed by atoms with van der Waals surface area (Å²) in [6.07, 6.45) is 0. The summed E-state index contributed by atoms with van der Waals surface area (Å²) < 4.78 is 7.02. The number of carbonyl (C=O) groups is 2. The van der Waals surface area contributed by atoms with Crippen LogP contribution < -0.4 is 10.1 Å². The summed E-state index contributed by atoms with van der Waals surface area (Å²) in [7, 11) is 0. The third-order valence-electron chi connectivity index (χ3n) is 5.33. The first-order valence-corrected chi connectivity index (χ1v) is 11.7. The molecule has 0 aliphatic heterocycles.